The van der Waals surface area contributed by atoms with E-state index in [-0.39, 0.29) is 11.7 Å². The van der Waals surface area contributed by atoms with Crippen LogP contribution in [0.5, 0.6) is 0 Å². The summed E-state index contributed by atoms with van der Waals surface area (Å²) in [6.07, 6.45) is 4.87. The second kappa shape index (κ2) is 12.1. The van der Waals surface area contributed by atoms with Crippen LogP contribution >= 0.6 is 23.2 Å². The summed E-state index contributed by atoms with van der Waals surface area (Å²) in [5.41, 5.74) is 7.72. The Morgan fingerprint density at radius 1 is 1.05 bits per heavy atom. The number of H-pyrrole nitrogens is 1. The lowest BCUT2D eigenvalue weighted by molar-refractivity contribution is -0.110. The van der Waals surface area contributed by atoms with Crippen molar-refractivity contribution in [2.45, 2.75) is 40.5 Å². The highest BCUT2D eigenvalue weighted by atomic mass is 35.5. The fourth-order valence-corrected chi connectivity index (χ4v) is 5.74. The number of hydrogen-bond donors (Lipinski definition) is 2. The smallest absolute Gasteiger partial charge is 0.256 e. The molecule has 2 N–H and O–H groups in total. The fourth-order valence-electron chi connectivity index (χ4n) is 5.44. The average Bonchev–Trinajstić information content (AvgIpc) is 3.64. The molecule has 1 amide bonds. The van der Waals surface area contributed by atoms with E-state index in [4.69, 9.17) is 23.2 Å². The molecule has 0 fully saturated rings. The quantitative estimate of drug-likeness (QED) is 0.147. The first kappa shape index (κ1) is 28.9. The third-order valence-corrected chi connectivity index (χ3v) is 8.44. The molecule has 1 aliphatic heterocycles. The van der Waals surface area contributed by atoms with Crippen molar-refractivity contribution in [2.75, 3.05) is 25.0 Å². The molecule has 2 aromatic carbocycles. The van der Waals surface area contributed by atoms with E-state index in [0.29, 0.717) is 27.6 Å². The van der Waals surface area contributed by atoms with Crippen LogP contribution in [0.2, 0.25) is 10.0 Å². The maximum absolute atomic E-state index is 13.2. The lowest BCUT2D eigenvalue weighted by atomic mass is 9.99. The second-order valence-electron chi connectivity index (χ2n) is 10.2. The summed E-state index contributed by atoms with van der Waals surface area (Å²) >= 11 is 12.4. The van der Waals surface area contributed by atoms with Gasteiger partial charge in [0.25, 0.3) is 5.91 Å². The Morgan fingerprint density at radius 2 is 1.83 bits per heavy atom. The van der Waals surface area contributed by atoms with Gasteiger partial charge in [0, 0.05) is 40.2 Å². The van der Waals surface area contributed by atoms with E-state index in [0.717, 1.165) is 71.2 Å². The van der Waals surface area contributed by atoms with Crippen molar-refractivity contribution in [3.05, 3.63) is 86.8 Å². The van der Waals surface area contributed by atoms with Gasteiger partial charge in [-0.05, 0) is 87.9 Å². The summed E-state index contributed by atoms with van der Waals surface area (Å²) in [5, 5.41) is 8.37. The topological polar surface area (TPSA) is 83.0 Å². The number of hydrogen-bond acceptors (Lipinski definition) is 4. The fraction of sp³-hybridized carbons (Fsp3) is 0.281. The summed E-state index contributed by atoms with van der Waals surface area (Å²) in [7, 11) is 0. The van der Waals surface area contributed by atoms with E-state index in [1.807, 2.05) is 50.3 Å². The maximum atomic E-state index is 13.2. The third kappa shape index (κ3) is 5.75. The van der Waals surface area contributed by atoms with E-state index in [1.165, 1.54) is 0 Å². The molecule has 0 atom stereocenters. The third-order valence-electron chi connectivity index (χ3n) is 7.71. The Morgan fingerprint density at radius 3 is 2.56 bits per heavy atom. The minimum atomic E-state index is -0.186. The van der Waals surface area contributed by atoms with Gasteiger partial charge in [-0.25, -0.2) is 4.68 Å². The van der Waals surface area contributed by atoms with Crippen LogP contribution in [-0.4, -0.2) is 51.0 Å². The van der Waals surface area contributed by atoms with Crippen LogP contribution in [0.1, 0.15) is 59.6 Å². The van der Waals surface area contributed by atoms with Gasteiger partial charge in [-0.15, -0.1) is 0 Å². The standard InChI is InChI=1S/C32H33Cl2N5O2/c1-5-38(6-2)15-7-8-30(40)31-19(3)28(36-20(31)4)18-24-23-16-21(9-12-27(23)37-32(24)41)29-13-14-35-39(29)22-10-11-25(33)26(34)17-22/h9-14,16-18,36H,5-8,15H2,1-4H3,(H,37,41)/b24-18-. The molecule has 212 valence electrons. The van der Waals surface area contributed by atoms with Gasteiger partial charge in [0.2, 0.25) is 0 Å². The first-order valence-electron chi connectivity index (χ1n) is 13.8. The highest BCUT2D eigenvalue weighted by Gasteiger charge is 2.26. The van der Waals surface area contributed by atoms with Crippen molar-refractivity contribution in [3.63, 3.8) is 0 Å². The van der Waals surface area contributed by atoms with E-state index in [1.54, 1.807) is 23.0 Å². The molecule has 7 nitrogen and oxygen atoms in total. The van der Waals surface area contributed by atoms with Crippen LogP contribution in [-0.2, 0) is 4.79 Å². The van der Waals surface area contributed by atoms with Crippen molar-refractivity contribution in [1.29, 1.82) is 0 Å². The zero-order chi connectivity index (χ0) is 29.3. The molecule has 5 rings (SSSR count). The molecule has 2 aromatic heterocycles. The molecular weight excluding hydrogens is 557 g/mol. The number of benzene rings is 2. The second-order valence-corrected chi connectivity index (χ2v) is 11.0. The van der Waals surface area contributed by atoms with Crippen LogP contribution in [0.15, 0.2) is 48.7 Å². The number of rotatable bonds is 10. The van der Waals surface area contributed by atoms with Gasteiger partial charge in [0.1, 0.15) is 0 Å². The van der Waals surface area contributed by atoms with Crippen LogP contribution in [0.25, 0.3) is 28.6 Å². The highest BCUT2D eigenvalue weighted by Crippen LogP contribution is 2.37. The summed E-state index contributed by atoms with van der Waals surface area (Å²) in [5.74, 6) is -0.0592. The number of carbonyl (C=O) groups excluding carboxylic acids is 2. The number of halogens is 2. The van der Waals surface area contributed by atoms with E-state index in [9.17, 15) is 9.59 Å². The Kier molecular flexibility index (Phi) is 8.50. The average molecular weight is 591 g/mol. The molecule has 0 bridgehead atoms. The molecule has 0 aliphatic carbocycles. The number of anilines is 1. The Hall–Kier alpha value is -3.65. The molecular formula is C32H33Cl2N5O2. The zero-order valence-electron chi connectivity index (χ0n) is 23.6. The molecule has 9 heteroatoms. The molecule has 0 saturated carbocycles. The van der Waals surface area contributed by atoms with E-state index >= 15 is 0 Å². The molecule has 41 heavy (non-hydrogen) atoms. The highest BCUT2D eigenvalue weighted by molar-refractivity contribution is 6.42. The summed E-state index contributed by atoms with van der Waals surface area (Å²) in [4.78, 5) is 31.9. The van der Waals surface area contributed by atoms with Gasteiger partial charge in [0.05, 0.1) is 33.2 Å². The van der Waals surface area contributed by atoms with Gasteiger partial charge < -0.3 is 15.2 Å². The predicted molar refractivity (Wildman–Crippen MR) is 167 cm³/mol. The van der Waals surface area contributed by atoms with E-state index < -0.39 is 0 Å². The Balaban J connectivity index is 1.45. The minimum absolute atomic E-state index is 0.127. The molecule has 0 radical (unpaired) electrons. The normalized spacial score (nSPS) is 13.7. The zero-order valence-corrected chi connectivity index (χ0v) is 25.2. The number of nitrogens with one attached hydrogen (secondary N) is 2. The van der Waals surface area contributed by atoms with Gasteiger partial charge >= 0.3 is 0 Å². The number of aromatic nitrogens is 3. The van der Waals surface area contributed by atoms with Gasteiger partial charge in [-0.2, -0.15) is 5.10 Å². The number of aromatic amines is 1. The number of ketones is 1. The lowest BCUT2D eigenvalue weighted by Gasteiger charge is -2.17. The number of nitrogens with zero attached hydrogens (tertiary/aromatic N) is 3. The number of fused-ring (bicyclic) bond motifs is 1. The lowest BCUT2D eigenvalue weighted by Crippen LogP contribution is -2.24. The predicted octanol–water partition coefficient (Wildman–Crippen LogP) is 7.59. The van der Waals surface area contributed by atoms with Crippen LogP contribution in [0, 0.1) is 13.8 Å². The van der Waals surface area contributed by atoms with Crippen LogP contribution < -0.4 is 5.32 Å². The molecule has 3 heterocycles. The van der Waals surface area contributed by atoms with E-state index in [2.05, 4.69) is 34.1 Å². The summed E-state index contributed by atoms with van der Waals surface area (Å²) < 4.78 is 1.79. The van der Waals surface area contributed by atoms with Gasteiger partial charge in [-0.1, -0.05) is 43.1 Å². The van der Waals surface area contributed by atoms with Gasteiger partial charge in [0.15, 0.2) is 5.78 Å². The summed E-state index contributed by atoms with van der Waals surface area (Å²) in [6, 6.07) is 13.1. The largest absolute Gasteiger partial charge is 0.358 e. The summed E-state index contributed by atoms with van der Waals surface area (Å²) in [6.45, 7) is 11.0. The molecule has 1 aliphatic rings. The Labute approximate surface area is 250 Å². The van der Waals surface area contributed by atoms with Crippen molar-refractivity contribution in [3.8, 4) is 16.9 Å². The van der Waals surface area contributed by atoms with Crippen molar-refractivity contribution < 1.29 is 9.59 Å². The van der Waals surface area contributed by atoms with Crippen molar-refractivity contribution in [1.82, 2.24) is 19.7 Å². The van der Waals surface area contributed by atoms with Gasteiger partial charge in [-0.3, -0.25) is 9.59 Å². The van der Waals surface area contributed by atoms with Crippen molar-refractivity contribution >= 4 is 52.2 Å². The molecule has 0 unspecified atom stereocenters. The SMILES string of the molecule is CCN(CC)CCCC(=O)c1c(C)[nH]c(/C=C2\C(=O)Nc3ccc(-c4ccnn4-c4ccc(Cl)c(Cl)c4)cc32)c1C. The van der Waals surface area contributed by atoms with Crippen molar-refractivity contribution in [2.24, 2.45) is 0 Å². The number of Topliss-reactive ketones (excluding diaryl/α,β-unsaturated/α-hetero) is 1. The minimum Gasteiger partial charge on any atom is -0.358 e. The number of aryl methyl sites for hydroxylation is 1. The number of amides is 1. The number of carbonyl (C=O) groups is 2. The van der Waals surface area contributed by atoms with Crippen LogP contribution in [0.3, 0.4) is 0 Å². The first-order chi connectivity index (χ1) is 19.7. The monoisotopic (exact) mass is 589 g/mol. The molecule has 4 aromatic rings. The Bertz CT molecular complexity index is 1660. The first-order valence-corrected chi connectivity index (χ1v) is 14.6. The molecule has 0 saturated heterocycles. The molecule has 0 spiro atoms. The maximum Gasteiger partial charge on any atom is 0.256 e. The van der Waals surface area contributed by atoms with Crippen LogP contribution in [0.4, 0.5) is 5.69 Å².